The van der Waals surface area contributed by atoms with Gasteiger partial charge in [0.25, 0.3) is 0 Å². The van der Waals surface area contributed by atoms with E-state index in [1.54, 1.807) is 24.8 Å². The molecule has 2 saturated heterocycles. The Bertz CT molecular complexity index is 883. The number of rotatable bonds is 5. The Morgan fingerprint density at radius 1 is 1.06 bits per heavy atom. The molecule has 3 N–H and O–H groups in total. The van der Waals surface area contributed by atoms with E-state index in [1.165, 1.54) is 0 Å². The molecule has 2 fully saturated rings. The Balaban J connectivity index is 1.94. The first-order chi connectivity index (χ1) is 15.2. The van der Waals surface area contributed by atoms with Crippen LogP contribution in [0.15, 0.2) is 43.0 Å². The molecule has 3 atom stereocenters. The highest BCUT2D eigenvalue weighted by Gasteiger charge is 2.42. The summed E-state index contributed by atoms with van der Waals surface area (Å²) in [4.78, 5) is 54.2. The van der Waals surface area contributed by atoms with Crippen LogP contribution in [0.3, 0.4) is 0 Å². The van der Waals surface area contributed by atoms with Gasteiger partial charge >= 0.3 is 0 Å². The summed E-state index contributed by atoms with van der Waals surface area (Å²) >= 11 is 0. The van der Waals surface area contributed by atoms with Crippen LogP contribution in [0.2, 0.25) is 0 Å². The number of fused-ring (bicyclic) bond motifs is 1. The van der Waals surface area contributed by atoms with Gasteiger partial charge in [0, 0.05) is 13.0 Å². The Labute approximate surface area is 188 Å². The second kappa shape index (κ2) is 9.97. The van der Waals surface area contributed by atoms with Crippen LogP contribution < -0.4 is 16.0 Å². The van der Waals surface area contributed by atoms with Crippen LogP contribution in [-0.2, 0) is 25.6 Å². The number of allylic oxidation sites excluding steroid dienone is 1. The second-order valence-electron chi connectivity index (χ2n) is 8.95. The molecular formula is C24H32N4O4. The van der Waals surface area contributed by atoms with Crippen molar-refractivity contribution < 1.29 is 19.2 Å². The molecule has 0 saturated carbocycles. The summed E-state index contributed by atoms with van der Waals surface area (Å²) in [6.07, 6.45) is 4.05. The summed E-state index contributed by atoms with van der Waals surface area (Å²) in [5, 5.41) is 8.38. The number of nitrogens with zero attached hydrogens (tertiary/aromatic N) is 1. The van der Waals surface area contributed by atoms with Crippen LogP contribution in [-0.4, -0.2) is 58.7 Å². The van der Waals surface area contributed by atoms with Crippen molar-refractivity contribution in [3.8, 4) is 0 Å². The number of nitrogens with one attached hydrogen (secondary N) is 3. The van der Waals surface area contributed by atoms with Crippen molar-refractivity contribution in [2.45, 2.75) is 69.6 Å². The van der Waals surface area contributed by atoms with E-state index in [0.717, 1.165) is 5.56 Å². The maximum Gasteiger partial charge on any atom is 0.246 e. The van der Waals surface area contributed by atoms with E-state index in [4.69, 9.17) is 0 Å². The molecule has 172 valence electrons. The molecule has 32 heavy (non-hydrogen) atoms. The highest BCUT2D eigenvalue weighted by Crippen LogP contribution is 2.21. The largest absolute Gasteiger partial charge is 0.343 e. The van der Waals surface area contributed by atoms with E-state index in [1.807, 2.05) is 30.3 Å². The van der Waals surface area contributed by atoms with E-state index in [9.17, 15) is 19.2 Å². The minimum Gasteiger partial charge on any atom is -0.343 e. The van der Waals surface area contributed by atoms with Crippen LogP contribution >= 0.6 is 0 Å². The molecule has 0 bridgehead atoms. The molecule has 2 aliphatic heterocycles. The fourth-order valence-electron chi connectivity index (χ4n) is 4.16. The molecule has 0 aliphatic carbocycles. The maximum absolute atomic E-state index is 13.5. The van der Waals surface area contributed by atoms with Crippen molar-refractivity contribution in [1.29, 1.82) is 0 Å². The third-order valence-electron chi connectivity index (χ3n) is 6.02. The lowest BCUT2D eigenvalue weighted by Crippen LogP contribution is -2.64. The van der Waals surface area contributed by atoms with E-state index in [-0.39, 0.29) is 11.8 Å². The molecule has 4 amide bonds. The van der Waals surface area contributed by atoms with Gasteiger partial charge < -0.3 is 20.9 Å². The summed E-state index contributed by atoms with van der Waals surface area (Å²) in [5.74, 6) is -1.52. The van der Waals surface area contributed by atoms with Crippen LogP contribution in [0, 0.1) is 0 Å². The molecule has 1 aromatic rings. The van der Waals surface area contributed by atoms with Crippen molar-refractivity contribution in [3.63, 3.8) is 0 Å². The fraction of sp³-hybridized carbons (Fsp3) is 0.500. The third kappa shape index (κ3) is 5.36. The monoisotopic (exact) mass is 440 g/mol. The first kappa shape index (κ1) is 23.5. The average molecular weight is 441 g/mol. The first-order valence-corrected chi connectivity index (χ1v) is 11.1. The molecule has 1 unspecified atom stereocenters. The van der Waals surface area contributed by atoms with E-state index in [2.05, 4.69) is 22.5 Å². The minimum atomic E-state index is -1.27. The van der Waals surface area contributed by atoms with Gasteiger partial charge in [-0.3, -0.25) is 19.2 Å². The number of hydrogen-bond donors (Lipinski definition) is 3. The van der Waals surface area contributed by atoms with Gasteiger partial charge in [0.1, 0.15) is 23.7 Å². The zero-order chi connectivity index (χ0) is 23.3. The Kier molecular flexibility index (Phi) is 7.33. The smallest absolute Gasteiger partial charge is 0.246 e. The average Bonchev–Trinajstić information content (AvgIpc) is 3.25. The number of amides is 4. The lowest BCUT2D eigenvalue weighted by atomic mass is 9.98. The van der Waals surface area contributed by atoms with Crippen molar-refractivity contribution in [3.05, 3.63) is 48.6 Å². The SMILES string of the molecule is C=CCC[C@@H]1NC(=O)C2CCCN2C(=O)[C@H](Cc2ccccc2)NC(=O)C(C)(C)NC1=O. The number of hydrogen-bond acceptors (Lipinski definition) is 4. The van der Waals surface area contributed by atoms with Gasteiger partial charge in [0.05, 0.1) is 0 Å². The topological polar surface area (TPSA) is 108 Å². The van der Waals surface area contributed by atoms with Gasteiger partial charge in [-0.15, -0.1) is 6.58 Å². The van der Waals surface area contributed by atoms with Gasteiger partial charge in [-0.05, 0) is 45.1 Å². The van der Waals surface area contributed by atoms with Crippen LogP contribution in [0.5, 0.6) is 0 Å². The summed E-state index contributed by atoms with van der Waals surface area (Å²) in [5.41, 5.74) is -0.377. The first-order valence-electron chi connectivity index (χ1n) is 11.1. The lowest BCUT2D eigenvalue weighted by molar-refractivity contribution is -0.144. The van der Waals surface area contributed by atoms with E-state index < -0.39 is 35.5 Å². The summed E-state index contributed by atoms with van der Waals surface area (Å²) in [6.45, 7) is 7.28. The van der Waals surface area contributed by atoms with Gasteiger partial charge in [-0.1, -0.05) is 36.4 Å². The van der Waals surface area contributed by atoms with Crippen LogP contribution in [0.1, 0.15) is 45.1 Å². The zero-order valence-electron chi connectivity index (χ0n) is 18.7. The maximum atomic E-state index is 13.5. The minimum absolute atomic E-state index is 0.287. The second-order valence-corrected chi connectivity index (χ2v) is 8.95. The quantitative estimate of drug-likeness (QED) is 0.595. The van der Waals surface area contributed by atoms with Crippen molar-refractivity contribution in [1.82, 2.24) is 20.9 Å². The van der Waals surface area contributed by atoms with Crippen molar-refractivity contribution in [2.75, 3.05) is 6.54 Å². The van der Waals surface area contributed by atoms with Crippen LogP contribution in [0.4, 0.5) is 0 Å². The highest BCUT2D eigenvalue weighted by molar-refractivity contribution is 5.99. The summed E-state index contributed by atoms with van der Waals surface area (Å²) in [6, 6.07) is 7.08. The van der Waals surface area contributed by atoms with Crippen LogP contribution in [0.25, 0.3) is 0 Å². The van der Waals surface area contributed by atoms with Gasteiger partial charge in [0.2, 0.25) is 23.6 Å². The molecule has 2 heterocycles. The molecule has 0 radical (unpaired) electrons. The van der Waals surface area contributed by atoms with Crippen molar-refractivity contribution in [2.24, 2.45) is 0 Å². The van der Waals surface area contributed by atoms with Crippen molar-refractivity contribution >= 4 is 23.6 Å². The number of carbonyl (C=O) groups is 4. The van der Waals surface area contributed by atoms with Gasteiger partial charge in [-0.2, -0.15) is 0 Å². The highest BCUT2D eigenvalue weighted by atomic mass is 16.2. The Hall–Kier alpha value is -3.16. The summed E-state index contributed by atoms with van der Waals surface area (Å²) < 4.78 is 0. The normalized spacial score (nSPS) is 26.2. The third-order valence-corrected chi connectivity index (χ3v) is 6.02. The van der Waals surface area contributed by atoms with E-state index >= 15 is 0 Å². The molecule has 8 nitrogen and oxygen atoms in total. The zero-order valence-corrected chi connectivity index (χ0v) is 18.7. The van der Waals surface area contributed by atoms with E-state index in [0.29, 0.717) is 38.6 Å². The molecule has 0 spiro atoms. The Morgan fingerprint density at radius 3 is 2.47 bits per heavy atom. The number of carbonyl (C=O) groups excluding carboxylic acids is 4. The van der Waals surface area contributed by atoms with Gasteiger partial charge in [0.15, 0.2) is 0 Å². The lowest BCUT2D eigenvalue weighted by Gasteiger charge is -2.34. The molecule has 0 aromatic heterocycles. The molecular weight excluding hydrogens is 408 g/mol. The molecule has 2 aliphatic rings. The predicted octanol–water partition coefficient (Wildman–Crippen LogP) is 1.06. The molecule has 8 heteroatoms. The standard InChI is InChI=1S/C24H32N4O4/c1-4-5-12-17-20(29)27-24(2,3)23(32)26-18(15-16-10-7-6-8-11-16)22(31)28-14-9-13-19(28)21(30)25-17/h4,6-8,10-11,17-19H,1,5,9,12-15H2,2-3H3,(H,25,30)(H,26,32)(H,27,29)/t17-,18-,19?/m0/s1. The predicted molar refractivity (Wildman–Crippen MR) is 120 cm³/mol. The summed E-state index contributed by atoms with van der Waals surface area (Å²) in [7, 11) is 0. The number of benzene rings is 1. The molecule has 3 rings (SSSR count). The van der Waals surface area contributed by atoms with Gasteiger partial charge in [-0.25, -0.2) is 0 Å². The molecule has 1 aromatic carbocycles. The fourth-order valence-corrected chi connectivity index (χ4v) is 4.16. The Morgan fingerprint density at radius 2 is 1.78 bits per heavy atom.